The smallest absolute Gasteiger partial charge is 0.264 e. The number of aliphatic imine (C=N–C) groups is 1. The molecule has 34 heavy (non-hydrogen) atoms. The van der Waals surface area contributed by atoms with E-state index in [0.717, 1.165) is 25.9 Å². The number of hydrogen-bond acceptors (Lipinski definition) is 5. The third-order valence-corrected chi connectivity index (χ3v) is 7.29. The first-order chi connectivity index (χ1) is 16.3. The monoisotopic (exact) mass is 604 g/mol. The maximum atomic E-state index is 12.6. The van der Waals surface area contributed by atoms with Gasteiger partial charge in [-0.05, 0) is 95.2 Å². The fraction of sp³-hybridized carbons (Fsp3) is 0.154. The van der Waals surface area contributed by atoms with Crippen molar-refractivity contribution in [3.8, 4) is 11.5 Å². The molecule has 8 heteroatoms. The van der Waals surface area contributed by atoms with Crippen LogP contribution < -0.4 is 14.8 Å². The van der Waals surface area contributed by atoms with Gasteiger partial charge in [0.25, 0.3) is 5.91 Å². The Morgan fingerprint density at radius 1 is 1.15 bits per heavy atom. The van der Waals surface area contributed by atoms with Crippen LogP contribution >= 0.6 is 46.0 Å². The van der Waals surface area contributed by atoms with E-state index >= 15 is 0 Å². The number of amides is 1. The van der Waals surface area contributed by atoms with Gasteiger partial charge < -0.3 is 14.8 Å². The molecule has 174 valence electrons. The number of amidine groups is 1. The zero-order valence-electron chi connectivity index (χ0n) is 18.8. The number of halogens is 2. The Bertz CT molecular complexity index is 1310. The van der Waals surface area contributed by atoms with Gasteiger partial charge in [-0.25, -0.2) is 4.99 Å². The number of ether oxygens (including phenoxy) is 2. The van der Waals surface area contributed by atoms with Gasteiger partial charge >= 0.3 is 0 Å². The van der Waals surface area contributed by atoms with E-state index in [0.29, 0.717) is 33.2 Å². The van der Waals surface area contributed by atoms with Crippen LogP contribution in [0.4, 0.5) is 5.69 Å². The second-order valence-electron chi connectivity index (χ2n) is 7.67. The van der Waals surface area contributed by atoms with Gasteiger partial charge in [0.2, 0.25) is 0 Å². The standard InChI is InChI=1S/C26H22ClIN2O3S/c1-15-7-9-17(10-8-15)14-33-24-20(28)11-18(12-22(24)32-3)13-23-25(31)30-26(34-23)29-21-6-4-5-19(27)16(21)2/h4-13H,14H2,1-3H3,(H,29,30,31)/b23-13+. The van der Waals surface area contributed by atoms with Crippen LogP contribution in [0.5, 0.6) is 11.5 Å². The zero-order valence-corrected chi connectivity index (χ0v) is 22.5. The molecule has 0 radical (unpaired) electrons. The Labute approximate surface area is 221 Å². The van der Waals surface area contributed by atoms with Gasteiger partial charge in [-0.2, -0.15) is 0 Å². The van der Waals surface area contributed by atoms with Crippen molar-refractivity contribution in [1.29, 1.82) is 0 Å². The quantitative estimate of drug-likeness (QED) is 0.242. The number of rotatable bonds is 6. The minimum absolute atomic E-state index is 0.197. The van der Waals surface area contributed by atoms with Crippen molar-refractivity contribution in [3.63, 3.8) is 0 Å². The fourth-order valence-corrected chi connectivity index (χ4v) is 5.05. The highest BCUT2D eigenvalue weighted by atomic mass is 127. The summed E-state index contributed by atoms with van der Waals surface area (Å²) in [6.45, 7) is 4.39. The number of thioether (sulfide) groups is 1. The highest BCUT2D eigenvalue weighted by Gasteiger charge is 2.24. The number of carbonyl (C=O) groups is 1. The molecule has 4 rings (SSSR count). The van der Waals surface area contributed by atoms with Crippen molar-refractivity contribution in [1.82, 2.24) is 5.32 Å². The van der Waals surface area contributed by atoms with Crippen LogP contribution in [0.1, 0.15) is 22.3 Å². The van der Waals surface area contributed by atoms with Crippen LogP contribution in [0, 0.1) is 17.4 Å². The first-order valence-corrected chi connectivity index (χ1v) is 12.7. The largest absolute Gasteiger partial charge is 0.493 e. The van der Waals surface area contributed by atoms with E-state index in [-0.39, 0.29) is 5.91 Å². The van der Waals surface area contributed by atoms with Crippen molar-refractivity contribution in [2.45, 2.75) is 20.5 Å². The molecule has 1 heterocycles. The first kappa shape index (κ1) is 24.6. The summed E-state index contributed by atoms with van der Waals surface area (Å²) in [4.78, 5) is 17.7. The number of aryl methyl sites for hydroxylation is 1. The van der Waals surface area contributed by atoms with Crippen molar-refractivity contribution in [3.05, 3.63) is 90.3 Å². The van der Waals surface area contributed by atoms with Crippen LogP contribution in [0.25, 0.3) is 6.08 Å². The molecular weight excluding hydrogens is 583 g/mol. The molecule has 0 aliphatic carbocycles. The summed E-state index contributed by atoms with van der Waals surface area (Å²) in [6.07, 6.45) is 1.82. The van der Waals surface area contributed by atoms with E-state index in [4.69, 9.17) is 21.1 Å². The predicted molar refractivity (Wildman–Crippen MR) is 148 cm³/mol. The van der Waals surface area contributed by atoms with Gasteiger partial charge in [0, 0.05) is 5.02 Å². The molecule has 1 fully saturated rings. The lowest BCUT2D eigenvalue weighted by molar-refractivity contribution is -0.115. The zero-order chi connectivity index (χ0) is 24.2. The molecule has 5 nitrogen and oxygen atoms in total. The van der Waals surface area contributed by atoms with Crippen molar-refractivity contribution < 1.29 is 14.3 Å². The van der Waals surface area contributed by atoms with Gasteiger partial charge in [-0.15, -0.1) is 0 Å². The fourth-order valence-electron chi connectivity index (χ4n) is 3.26. The lowest BCUT2D eigenvalue weighted by atomic mass is 10.1. The molecule has 0 unspecified atom stereocenters. The number of methoxy groups -OCH3 is 1. The summed E-state index contributed by atoms with van der Waals surface area (Å²) >= 11 is 9.70. The molecule has 0 aromatic heterocycles. The molecule has 0 spiro atoms. The highest BCUT2D eigenvalue weighted by Crippen LogP contribution is 2.37. The van der Waals surface area contributed by atoms with E-state index in [1.165, 1.54) is 17.3 Å². The molecular formula is C26H22ClIN2O3S. The molecule has 1 aliphatic rings. The van der Waals surface area contributed by atoms with Gasteiger partial charge in [-0.3, -0.25) is 4.79 Å². The SMILES string of the molecule is COc1cc(/C=C2/SC(=Nc3cccc(Cl)c3C)NC2=O)cc(I)c1OCc1ccc(C)cc1. The van der Waals surface area contributed by atoms with Crippen molar-refractivity contribution in [2.75, 3.05) is 7.11 Å². The first-order valence-electron chi connectivity index (χ1n) is 10.4. The van der Waals surface area contributed by atoms with Crippen LogP contribution in [0.15, 0.2) is 64.5 Å². The number of nitrogens with zero attached hydrogens (tertiary/aromatic N) is 1. The minimum Gasteiger partial charge on any atom is -0.493 e. The molecule has 3 aromatic rings. The van der Waals surface area contributed by atoms with Crippen molar-refractivity contribution in [2.24, 2.45) is 4.99 Å². The van der Waals surface area contributed by atoms with E-state index in [9.17, 15) is 4.79 Å². The Balaban J connectivity index is 1.54. The number of hydrogen-bond donors (Lipinski definition) is 1. The topological polar surface area (TPSA) is 59.9 Å². The Morgan fingerprint density at radius 2 is 1.91 bits per heavy atom. The molecule has 1 aliphatic heterocycles. The second-order valence-corrected chi connectivity index (χ2v) is 10.3. The molecule has 0 bridgehead atoms. The third-order valence-electron chi connectivity index (χ3n) is 5.17. The highest BCUT2D eigenvalue weighted by molar-refractivity contribution is 14.1. The normalized spacial score (nSPS) is 15.6. The lowest BCUT2D eigenvalue weighted by Gasteiger charge is -2.14. The second kappa shape index (κ2) is 10.8. The maximum absolute atomic E-state index is 12.6. The number of carbonyl (C=O) groups excluding carboxylic acids is 1. The van der Waals surface area contributed by atoms with E-state index in [1.807, 2.05) is 55.5 Å². The number of benzene rings is 3. The minimum atomic E-state index is -0.197. The molecule has 0 atom stereocenters. The molecule has 1 N–H and O–H groups in total. The van der Waals surface area contributed by atoms with Crippen LogP contribution in [0.3, 0.4) is 0 Å². The average Bonchev–Trinajstić information content (AvgIpc) is 3.15. The van der Waals surface area contributed by atoms with E-state index in [2.05, 4.69) is 52.0 Å². The van der Waals surface area contributed by atoms with Crippen molar-refractivity contribution >= 4 is 68.8 Å². The summed E-state index contributed by atoms with van der Waals surface area (Å²) in [7, 11) is 1.61. The lowest BCUT2D eigenvalue weighted by Crippen LogP contribution is -2.19. The van der Waals surface area contributed by atoms with Crippen LogP contribution in [-0.2, 0) is 11.4 Å². The van der Waals surface area contributed by atoms with E-state index in [1.54, 1.807) is 7.11 Å². The number of nitrogens with one attached hydrogen (secondary N) is 1. The van der Waals surface area contributed by atoms with Gasteiger partial charge in [0.05, 0.1) is 21.3 Å². The molecule has 3 aromatic carbocycles. The summed E-state index contributed by atoms with van der Waals surface area (Å²) in [5, 5.41) is 3.97. The Morgan fingerprint density at radius 3 is 2.65 bits per heavy atom. The average molecular weight is 605 g/mol. The van der Waals surface area contributed by atoms with E-state index < -0.39 is 0 Å². The van der Waals surface area contributed by atoms with Gasteiger partial charge in [0.1, 0.15) is 6.61 Å². The third kappa shape index (κ3) is 5.76. The van der Waals surface area contributed by atoms with Gasteiger partial charge in [0.15, 0.2) is 16.7 Å². The predicted octanol–water partition coefficient (Wildman–Crippen LogP) is 7.04. The van der Waals surface area contributed by atoms with Crippen LogP contribution in [-0.4, -0.2) is 18.2 Å². The van der Waals surface area contributed by atoms with Crippen LogP contribution in [0.2, 0.25) is 5.02 Å². The molecule has 1 amide bonds. The summed E-state index contributed by atoms with van der Waals surface area (Å²) < 4.78 is 12.5. The van der Waals surface area contributed by atoms with Gasteiger partial charge in [-0.1, -0.05) is 47.5 Å². The molecule has 1 saturated heterocycles. The summed E-state index contributed by atoms with van der Waals surface area (Å²) in [5.41, 5.74) is 4.71. The Hall–Kier alpha value is -2.49. The summed E-state index contributed by atoms with van der Waals surface area (Å²) in [6, 6.07) is 17.6. The summed E-state index contributed by atoms with van der Waals surface area (Å²) in [5.74, 6) is 1.09. The maximum Gasteiger partial charge on any atom is 0.264 e. The molecule has 0 saturated carbocycles. The Kier molecular flexibility index (Phi) is 7.85.